The van der Waals surface area contributed by atoms with E-state index in [1.165, 1.54) is 0 Å². The Bertz CT molecular complexity index is 365. The largest absolute Gasteiger partial charge is 0.371 e. The highest BCUT2D eigenvalue weighted by Gasteiger charge is 2.19. The van der Waals surface area contributed by atoms with Gasteiger partial charge in [-0.1, -0.05) is 13.3 Å². The molecule has 0 saturated heterocycles. The van der Waals surface area contributed by atoms with E-state index in [-0.39, 0.29) is 11.9 Å². The van der Waals surface area contributed by atoms with E-state index >= 15 is 0 Å². The Balaban J connectivity index is 2.65. The lowest BCUT2D eigenvalue weighted by atomic mass is 10.1. The van der Waals surface area contributed by atoms with Crippen LogP contribution in [-0.4, -0.2) is 28.3 Å². The molecule has 0 aliphatic rings. The highest BCUT2D eigenvalue weighted by molar-refractivity contribution is 5.84. The molecule has 1 aromatic rings. The first-order valence-corrected chi connectivity index (χ1v) is 6.22. The van der Waals surface area contributed by atoms with Crippen LogP contribution in [0, 0.1) is 6.92 Å². The zero-order chi connectivity index (χ0) is 12.8. The van der Waals surface area contributed by atoms with Crippen LogP contribution in [0.2, 0.25) is 0 Å². The maximum atomic E-state index is 12.1. The highest BCUT2D eigenvalue weighted by Crippen LogP contribution is 2.09. The number of rotatable bonds is 7. The Morgan fingerprint density at radius 2 is 2.24 bits per heavy atom. The number of carbonyl (C=O) groups excluding carboxylic acids is 1. The number of aromatic nitrogens is 2. The highest BCUT2D eigenvalue weighted by atomic mass is 16.5. The third-order valence-corrected chi connectivity index (χ3v) is 2.73. The van der Waals surface area contributed by atoms with Crippen molar-refractivity contribution < 1.29 is 9.53 Å². The molecule has 1 heterocycles. The Morgan fingerprint density at radius 1 is 1.53 bits per heavy atom. The average molecular weight is 238 g/mol. The first-order valence-electron chi connectivity index (χ1n) is 6.22. The van der Waals surface area contributed by atoms with Crippen LogP contribution in [0.25, 0.3) is 0 Å². The van der Waals surface area contributed by atoms with Gasteiger partial charge in [0, 0.05) is 19.3 Å². The monoisotopic (exact) mass is 238 g/mol. The van der Waals surface area contributed by atoms with Crippen molar-refractivity contribution in [3.05, 3.63) is 17.5 Å². The number of hydrogen-bond donors (Lipinski definition) is 0. The van der Waals surface area contributed by atoms with E-state index in [9.17, 15) is 4.79 Å². The van der Waals surface area contributed by atoms with Gasteiger partial charge in [0.25, 0.3) is 0 Å². The Labute approximate surface area is 103 Å². The van der Waals surface area contributed by atoms with Crippen LogP contribution in [0.3, 0.4) is 0 Å². The molecule has 0 amide bonds. The molecule has 0 aliphatic carbocycles. The summed E-state index contributed by atoms with van der Waals surface area (Å²) in [6.45, 7) is 6.50. The van der Waals surface area contributed by atoms with Gasteiger partial charge in [0.15, 0.2) is 5.78 Å². The Kier molecular flexibility index (Phi) is 5.35. The van der Waals surface area contributed by atoms with E-state index in [4.69, 9.17) is 4.74 Å². The lowest BCUT2D eigenvalue weighted by Gasteiger charge is -2.14. The van der Waals surface area contributed by atoms with E-state index in [0.717, 1.165) is 24.2 Å². The van der Waals surface area contributed by atoms with Crippen LogP contribution < -0.4 is 0 Å². The summed E-state index contributed by atoms with van der Waals surface area (Å²) in [6, 6.07) is 1.95. The number of hydrogen-bond acceptors (Lipinski definition) is 3. The van der Waals surface area contributed by atoms with Gasteiger partial charge in [0.1, 0.15) is 6.10 Å². The first-order chi connectivity index (χ1) is 8.08. The zero-order valence-corrected chi connectivity index (χ0v) is 11.2. The fourth-order valence-electron chi connectivity index (χ4n) is 1.92. The van der Waals surface area contributed by atoms with E-state index in [2.05, 4.69) is 12.0 Å². The molecule has 0 aliphatic heterocycles. The molecule has 0 saturated carbocycles. The molecule has 1 rings (SSSR count). The van der Waals surface area contributed by atoms with Gasteiger partial charge in [-0.05, 0) is 26.3 Å². The Hall–Kier alpha value is -1.16. The van der Waals surface area contributed by atoms with Gasteiger partial charge in [-0.25, -0.2) is 0 Å². The number of ketones is 1. The Morgan fingerprint density at radius 3 is 2.71 bits per heavy atom. The second kappa shape index (κ2) is 6.55. The van der Waals surface area contributed by atoms with Crippen molar-refractivity contribution >= 4 is 5.78 Å². The summed E-state index contributed by atoms with van der Waals surface area (Å²) in [5, 5.41) is 4.24. The fourth-order valence-corrected chi connectivity index (χ4v) is 1.92. The topological polar surface area (TPSA) is 44.1 Å². The minimum absolute atomic E-state index is 0.150. The third kappa shape index (κ3) is 3.97. The second-order valence-corrected chi connectivity index (χ2v) is 4.28. The van der Waals surface area contributed by atoms with Crippen LogP contribution in [0.1, 0.15) is 38.1 Å². The molecular weight excluding hydrogens is 216 g/mol. The summed E-state index contributed by atoms with van der Waals surface area (Å²) in [7, 11) is 1.87. The maximum Gasteiger partial charge on any atom is 0.167 e. The number of ether oxygens (including phenoxy) is 1. The smallest absolute Gasteiger partial charge is 0.167 e. The van der Waals surface area contributed by atoms with Crippen molar-refractivity contribution in [2.75, 3.05) is 6.61 Å². The molecule has 1 unspecified atom stereocenters. The van der Waals surface area contributed by atoms with Crippen molar-refractivity contribution in [1.82, 2.24) is 9.78 Å². The predicted molar refractivity (Wildman–Crippen MR) is 67.0 cm³/mol. The van der Waals surface area contributed by atoms with Crippen molar-refractivity contribution in [1.29, 1.82) is 0 Å². The summed E-state index contributed by atoms with van der Waals surface area (Å²) in [5.41, 5.74) is 1.90. The number of aryl methyl sites for hydroxylation is 2. The van der Waals surface area contributed by atoms with E-state index in [1.54, 1.807) is 4.68 Å². The van der Waals surface area contributed by atoms with Crippen LogP contribution in [0.5, 0.6) is 0 Å². The first kappa shape index (κ1) is 13.9. The molecule has 0 aromatic carbocycles. The lowest BCUT2D eigenvalue weighted by Crippen LogP contribution is -2.26. The van der Waals surface area contributed by atoms with E-state index in [1.807, 2.05) is 27.0 Å². The normalized spacial score (nSPS) is 12.7. The average Bonchev–Trinajstić information content (AvgIpc) is 2.57. The maximum absolute atomic E-state index is 12.1. The van der Waals surface area contributed by atoms with Gasteiger partial charge >= 0.3 is 0 Å². The zero-order valence-electron chi connectivity index (χ0n) is 11.2. The second-order valence-electron chi connectivity index (χ2n) is 4.28. The molecule has 17 heavy (non-hydrogen) atoms. The van der Waals surface area contributed by atoms with Crippen molar-refractivity contribution in [2.24, 2.45) is 7.05 Å². The van der Waals surface area contributed by atoms with E-state index < -0.39 is 0 Å². The number of Topliss-reactive ketones (excluding diaryl/α,β-unsaturated/α-hetero) is 1. The third-order valence-electron chi connectivity index (χ3n) is 2.73. The predicted octanol–water partition coefficient (Wildman–Crippen LogP) is 2.05. The van der Waals surface area contributed by atoms with Crippen LogP contribution in [-0.2, 0) is 23.0 Å². The molecule has 0 fully saturated rings. The standard InChI is InChI=1S/C13H22N2O2/c1-5-7-13(17-6-2)12(16)9-11-8-10(3)14-15(11)4/h8,13H,5-7,9H2,1-4H3. The van der Waals surface area contributed by atoms with Crippen molar-refractivity contribution in [3.63, 3.8) is 0 Å². The number of nitrogens with zero attached hydrogens (tertiary/aromatic N) is 2. The van der Waals surface area contributed by atoms with Gasteiger partial charge in [-0.15, -0.1) is 0 Å². The molecular formula is C13H22N2O2. The van der Waals surface area contributed by atoms with Crippen molar-refractivity contribution in [2.45, 2.75) is 46.1 Å². The minimum Gasteiger partial charge on any atom is -0.371 e. The summed E-state index contributed by atoms with van der Waals surface area (Å²) < 4.78 is 7.25. The summed E-state index contributed by atoms with van der Waals surface area (Å²) in [4.78, 5) is 12.1. The SMILES string of the molecule is CCCC(OCC)C(=O)Cc1cc(C)nn1C. The molecule has 1 aromatic heterocycles. The molecule has 0 N–H and O–H groups in total. The van der Waals surface area contributed by atoms with Gasteiger partial charge < -0.3 is 4.74 Å². The lowest BCUT2D eigenvalue weighted by molar-refractivity contribution is -0.130. The van der Waals surface area contributed by atoms with Crippen LogP contribution >= 0.6 is 0 Å². The van der Waals surface area contributed by atoms with E-state index in [0.29, 0.717) is 13.0 Å². The summed E-state index contributed by atoms with van der Waals surface area (Å²) in [5.74, 6) is 0.150. The van der Waals surface area contributed by atoms with Crippen LogP contribution in [0.4, 0.5) is 0 Å². The number of carbonyl (C=O) groups is 1. The van der Waals surface area contributed by atoms with Gasteiger partial charge in [-0.3, -0.25) is 9.48 Å². The minimum atomic E-state index is -0.264. The molecule has 4 heteroatoms. The molecule has 0 radical (unpaired) electrons. The quantitative estimate of drug-likeness (QED) is 0.730. The summed E-state index contributed by atoms with van der Waals surface area (Å²) in [6.07, 6.45) is 1.90. The fraction of sp³-hybridized carbons (Fsp3) is 0.692. The molecule has 96 valence electrons. The van der Waals surface area contributed by atoms with Crippen LogP contribution in [0.15, 0.2) is 6.07 Å². The van der Waals surface area contributed by atoms with Gasteiger partial charge in [0.05, 0.1) is 12.1 Å². The van der Waals surface area contributed by atoms with Gasteiger partial charge in [-0.2, -0.15) is 5.10 Å². The molecule has 0 bridgehead atoms. The molecule has 0 spiro atoms. The summed E-state index contributed by atoms with van der Waals surface area (Å²) >= 11 is 0. The molecule has 4 nitrogen and oxygen atoms in total. The van der Waals surface area contributed by atoms with Gasteiger partial charge in [0.2, 0.25) is 0 Å². The van der Waals surface area contributed by atoms with Crippen molar-refractivity contribution in [3.8, 4) is 0 Å². The molecule has 1 atom stereocenters.